The van der Waals surface area contributed by atoms with Gasteiger partial charge in [-0.3, -0.25) is 0 Å². The molecule has 0 amide bonds. The number of aryl methyl sites for hydroxylation is 1. The zero-order chi connectivity index (χ0) is 9.80. The fourth-order valence-electron chi connectivity index (χ4n) is 1.71. The molecule has 0 radical (unpaired) electrons. The minimum Gasteiger partial charge on any atom is -0.228 e. The molecule has 0 saturated carbocycles. The summed E-state index contributed by atoms with van der Waals surface area (Å²) < 4.78 is 4.85. The molecule has 1 nitrogen and oxygen atoms in total. The first kappa shape index (κ1) is 9.91. The lowest BCUT2D eigenvalue weighted by Crippen LogP contribution is -2.08. The van der Waals surface area contributed by atoms with E-state index in [1.165, 1.54) is 42.0 Å². The van der Waals surface area contributed by atoms with Gasteiger partial charge in [0.1, 0.15) is 0 Å². The lowest BCUT2D eigenvalue weighted by Gasteiger charge is -2.14. The first-order valence-corrected chi connectivity index (χ1v) is 6.83. The van der Waals surface area contributed by atoms with Gasteiger partial charge in [0.2, 0.25) is 0 Å². The summed E-state index contributed by atoms with van der Waals surface area (Å²) >= 11 is 0. The van der Waals surface area contributed by atoms with E-state index in [0.717, 1.165) is 0 Å². The molecule has 1 aromatic carbocycles. The summed E-state index contributed by atoms with van der Waals surface area (Å²) in [6, 6.07) is 8.44. The SMILES string of the molecule is Cc1ccccc1N=S1CCCCC1. The Kier molecular flexibility index (Phi) is 3.35. The molecule has 14 heavy (non-hydrogen) atoms. The van der Waals surface area contributed by atoms with Crippen LogP contribution in [0.5, 0.6) is 0 Å². The van der Waals surface area contributed by atoms with Crippen molar-refractivity contribution in [2.75, 3.05) is 11.5 Å². The summed E-state index contributed by atoms with van der Waals surface area (Å²) in [6.45, 7) is 2.14. The molecule has 0 aliphatic carbocycles. The third-order valence-electron chi connectivity index (χ3n) is 2.60. The molecule has 1 aliphatic rings. The van der Waals surface area contributed by atoms with Crippen molar-refractivity contribution >= 4 is 16.4 Å². The molecule has 76 valence electrons. The maximum atomic E-state index is 4.85. The van der Waals surface area contributed by atoms with Gasteiger partial charge in [0.05, 0.1) is 5.69 Å². The van der Waals surface area contributed by atoms with Crippen LogP contribution < -0.4 is 0 Å². The van der Waals surface area contributed by atoms with Crippen molar-refractivity contribution in [3.63, 3.8) is 0 Å². The predicted molar refractivity (Wildman–Crippen MR) is 64.2 cm³/mol. The van der Waals surface area contributed by atoms with Crippen LogP contribution in [0.3, 0.4) is 0 Å². The van der Waals surface area contributed by atoms with Crippen LogP contribution in [-0.4, -0.2) is 11.5 Å². The Labute approximate surface area is 88.6 Å². The quantitative estimate of drug-likeness (QED) is 0.667. The molecule has 1 saturated heterocycles. The number of nitrogens with zero attached hydrogens (tertiary/aromatic N) is 1. The third-order valence-corrected chi connectivity index (χ3v) is 4.58. The van der Waals surface area contributed by atoms with Gasteiger partial charge in [-0.15, -0.1) is 0 Å². The van der Waals surface area contributed by atoms with Gasteiger partial charge < -0.3 is 0 Å². The second kappa shape index (κ2) is 4.74. The van der Waals surface area contributed by atoms with E-state index < -0.39 is 0 Å². The Morgan fingerprint density at radius 3 is 2.50 bits per heavy atom. The third kappa shape index (κ3) is 2.44. The highest BCUT2D eigenvalue weighted by molar-refractivity contribution is 7.87. The van der Waals surface area contributed by atoms with E-state index >= 15 is 0 Å². The Hall–Kier alpha value is -0.630. The lowest BCUT2D eigenvalue weighted by atomic mass is 10.2. The maximum Gasteiger partial charge on any atom is 0.0732 e. The normalized spacial score (nSPS) is 18.1. The Balaban J connectivity index is 2.19. The van der Waals surface area contributed by atoms with Crippen LogP contribution in [0.25, 0.3) is 0 Å². The fourth-order valence-corrected chi connectivity index (χ4v) is 3.66. The number of hydrogen-bond acceptors (Lipinski definition) is 1. The second-order valence-electron chi connectivity index (χ2n) is 3.81. The average molecular weight is 207 g/mol. The number of hydrogen-bond donors (Lipinski definition) is 0. The van der Waals surface area contributed by atoms with Crippen molar-refractivity contribution in [3.8, 4) is 0 Å². The standard InChI is InChI=1S/C12H17NS/c1-11-7-3-4-8-12(11)13-14-9-5-2-6-10-14/h3-4,7-8H,2,5-6,9-10H2,1H3. The Morgan fingerprint density at radius 1 is 1.07 bits per heavy atom. The predicted octanol–water partition coefficient (Wildman–Crippen LogP) is 3.61. The van der Waals surface area contributed by atoms with Crippen molar-refractivity contribution in [2.45, 2.75) is 26.2 Å². The van der Waals surface area contributed by atoms with Gasteiger partial charge in [0.15, 0.2) is 0 Å². The van der Waals surface area contributed by atoms with Crippen molar-refractivity contribution in [1.29, 1.82) is 0 Å². The molecule has 1 fully saturated rings. The largest absolute Gasteiger partial charge is 0.228 e. The monoisotopic (exact) mass is 207 g/mol. The topological polar surface area (TPSA) is 12.4 Å². The van der Waals surface area contributed by atoms with Gasteiger partial charge >= 0.3 is 0 Å². The summed E-state index contributed by atoms with van der Waals surface area (Å²) in [6.07, 6.45) is 4.16. The molecule has 0 aromatic heterocycles. The van der Waals surface area contributed by atoms with E-state index in [4.69, 9.17) is 4.36 Å². The van der Waals surface area contributed by atoms with Crippen LogP contribution in [0.15, 0.2) is 28.6 Å². The molecule has 0 unspecified atom stereocenters. The average Bonchev–Trinajstić information content (AvgIpc) is 2.23. The molecule has 0 spiro atoms. The second-order valence-corrected chi connectivity index (χ2v) is 5.73. The molecule has 0 atom stereocenters. The molecule has 2 rings (SSSR count). The summed E-state index contributed by atoms with van der Waals surface area (Å²) in [5.74, 6) is 2.63. The van der Waals surface area contributed by atoms with E-state index in [1.807, 2.05) is 0 Å². The van der Waals surface area contributed by atoms with Crippen LogP contribution in [-0.2, 0) is 10.7 Å². The van der Waals surface area contributed by atoms with Crippen LogP contribution in [0, 0.1) is 6.92 Å². The van der Waals surface area contributed by atoms with E-state index in [9.17, 15) is 0 Å². The molecular weight excluding hydrogens is 190 g/mol. The van der Waals surface area contributed by atoms with E-state index in [0.29, 0.717) is 10.7 Å². The van der Waals surface area contributed by atoms with Gasteiger partial charge in [0.25, 0.3) is 0 Å². The molecule has 0 bridgehead atoms. The first-order chi connectivity index (χ1) is 6.86. The van der Waals surface area contributed by atoms with E-state index in [-0.39, 0.29) is 0 Å². The molecule has 0 N–H and O–H groups in total. The van der Waals surface area contributed by atoms with E-state index in [2.05, 4.69) is 31.2 Å². The minimum atomic E-state index is 0.319. The number of rotatable bonds is 1. The molecule has 1 heterocycles. The highest BCUT2D eigenvalue weighted by Gasteiger charge is 2.05. The van der Waals surface area contributed by atoms with Crippen LogP contribution in [0.1, 0.15) is 24.8 Å². The minimum absolute atomic E-state index is 0.319. The summed E-state index contributed by atoms with van der Waals surface area (Å²) in [7, 11) is 0.319. The van der Waals surface area contributed by atoms with E-state index in [1.54, 1.807) is 0 Å². The highest BCUT2D eigenvalue weighted by atomic mass is 32.2. The lowest BCUT2D eigenvalue weighted by molar-refractivity contribution is 0.759. The van der Waals surface area contributed by atoms with Gasteiger partial charge in [0, 0.05) is 11.5 Å². The van der Waals surface area contributed by atoms with Gasteiger partial charge in [-0.05, 0) is 31.4 Å². The van der Waals surface area contributed by atoms with Crippen molar-refractivity contribution in [3.05, 3.63) is 29.8 Å². The molecular formula is C12H17NS. The summed E-state index contributed by atoms with van der Waals surface area (Å²) in [4.78, 5) is 0. The zero-order valence-corrected chi connectivity index (χ0v) is 9.52. The molecule has 1 aromatic rings. The molecule has 1 aliphatic heterocycles. The highest BCUT2D eigenvalue weighted by Crippen LogP contribution is 2.21. The first-order valence-electron chi connectivity index (χ1n) is 5.31. The Morgan fingerprint density at radius 2 is 1.79 bits per heavy atom. The molecule has 2 heteroatoms. The van der Waals surface area contributed by atoms with Crippen LogP contribution >= 0.6 is 0 Å². The van der Waals surface area contributed by atoms with Gasteiger partial charge in [-0.25, -0.2) is 4.36 Å². The Bertz CT molecular complexity index is 336. The summed E-state index contributed by atoms with van der Waals surface area (Å²) in [5, 5.41) is 0. The van der Waals surface area contributed by atoms with Crippen LogP contribution in [0.2, 0.25) is 0 Å². The number of benzene rings is 1. The maximum absolute atomic E-state index is 4.85. The smallest absolute Gasteiger partial charge is 0.0732 e. The van der Waals surface area contributed by atoms with Gasteiger partial charge in [-0.2, -0.15) is 0 Å². The zero-order valence-electron chi connectivity index (χ0n) is 8.70. The van der Waals surface area contributed by atoms with Crippen LogP contribution in [0.4, 0.5) is 5.69 Å². The van der Waals surface area contributed by atoms with Gasteiger partial charge in [-0.1, -0.05) is 35.3 Å². The van der Waals surface area contributed by atoms with Crippen molar-refractivity contribution < 1.29 is 0 Å². The van der Waals surface area contributed by atoms with Crippen molar-refractivity contribution in [2.24, 2.45) is 4.36 Å². The van der Waals surface area contributed by atoms with Crippen molar-refractivity contribution in [1.82, 2.24) is 0 Å². The fraction of sp³-hybridized carbons (Fsp3) is 0.500. The summed E-state index contributed by atoms with van der Waals surface area (Å²) in [5.41, 5.74) is 2.52.